The van der Waals surface area contributed by atoms with Crippen molar-refractivity contribution in [2.24, 2.45) is 23.5 Å². The van der Waals surface area contributed by atoms with Crippen molar-refractivity contribution in [3.8, 4) is 0 Å². The van der Waals surface area contributed by atoms with E-state index in [2.05, 4.69) is 12.2 Å². The third-order valence-corrected chi connectivity index (χ3v) is 12.5. The second-order valence-electron chi connectivity index (χ2n) is 17.1. The molecular weight excluding hydrogens is 748 g/mol. The number of nitrogens with zero attached hydrogens (tertiary/aromatic N) is 2. The first-order valence-corrected chi connectivity index (χ1v) is 20.9. The van der Waals surface area contributed by atoms with Crippen molar-refractivity contribution in [3.63, 3.8) is 0 Å². The summed E-state index contributed by atoms with van der Waals surface area (Å²) in [6.07, 6.45) is -1.70. The number of nitrogens with two attached hydrogens (primary N) is 1. The Balaban J connectivity index is 1.69. The largest absolute Gasteiger partial charge is 0.459 e. The van der Waals surface area contributed by atoms with Gasteiger partial charge in [0, 0.05) is 38.8 Å². The number of fused-ring (bicyclic) bond motifs is 1. The highest BCUT2D eigenvalue weighted by atomic mass is 16.7. The Labute approximate surface area is 345 Å². The molecule has 3 saturated heterocycles. The van der Waals surface area contributed by atoms with E-state index in [0.717, 1.165) is 6.42 Å². The van der Waals surface area contributed by atoms with Gasteiger partial charge in [0.2, 0.25) is 0 Å². The van der Waals surface area contributed by atoms with Crippen molar-refractivity contribution in [2.75, 3.05) is 54.6 Å². The fraction of sp³-hybridized carbons (Fsp3) is 0.767. The molecule has 3 aliphatic rings. The van der Waals surface area contributed by atoms with Gasteiger partial charge in [0.05, 0.1) is 29.4 Å². The lowest BCUT2D eigenvalue weighted by Gasteiger charge is -2.48. The first-order chi connectivity index (χ1) is 27.5. The minimum absolute atomic E-state index is 0.0247. The van der Waals surface area contributed by atoms with Gasteiger partial charge in [0.15, 0.2) is 17.7 Å². The zero-order valence-electron chi connectivity index (χ0n) is 36.6. The fourth-order valence-electron chi connectivity index (χ4n) is 9.15. The number of carbonyl (C=O) groups excluding carboxylic acids is 4. The average molecular weight is 819 g/mol. The van der Waals surface area contributed by atoms with Gasteiger partial charge in [-0.1, -0.05) is 39.0 Å². The molecule has 3 aliphatic heterocycles. The maximum atomic E-state index is 14.5. The molecule has 0 aromatic heterocycles. The molecule has 4 rings (SSSR count). The van der Waals surface area contributed by atoms with Gasteiger partial charge in [-0.25, -0.2) is 9.59 Å². The lowest BCUT2D eigenvalue weighted by Crippen LogP contribution is -2.61. The van der Waals surface area contributed by atoms with Crippen molar-refractivity contribution in [1.82, 2.24) is 15.1 Å². The summed E-state index contributed by atoms with van der Waals surface area (Å²) in [7, 11) is 7.04. The van der Waals surface area contributed by atoms with E-state index in [0.29, 0.717) is 50.9 Å². The highest BCUT2D eigenvalue weighted by Crippen LogP contribution is 2.40. The Kier molecular flexibility index (Phi) is 17.1. The molecular formula is C43H70N4O11. The number of amides is 1. The molecule has 13 atom stereocenters. The van der Waals surface area contributed by atoms with Crippen LogP contribution < -0.4 is 11.1 Å². The number of ketones is 1. The first kappa shape index (κ1) is 47.5. The number of benzene rings is 1. The zero-order chi connectivity index (χ0) is 42.9. The van der Waals surface area contributed by atoms with Crippen LogP contribution in [0.4, 0.5) is 4.79 Å². The van der Waals surface area contributed by atoms with E-state index in [1.54, 1.807) is 50.3 Å². The van der Waals surface area contributed by atoms with Crippen LogP contribution in [-0.2, 0) is 42.7 Å². The highest BCUT2D eigenvalue weighted by Gasteiger charge is 2.58. The number of unbranched alkanes of at least 4 members (excludes halogenated alkanes) is 1. The van der Waals surface area contributed by atoms with Crippen LogP contribution in [-0.4, -0.2) is 148 Å². The van der Waals surface area contributed by atoms with Gasteiger partial charge in [-0.2, -0.15) is 0 Å². The maximum absolute atomic E-state index is 14.5. The molecule has 0 radical (unpaired) electrons. The second kappa shape index (κ2) is 20.9. The van der Waals surface area contributed by atoms with Gasteiger partial charge in [-0.05, 0) is 105 Å². The molecule has 15 nitrogen and oxygen atoms in total. The molecule has 0 saturated carbocycles. The zero-order valence-corrected chi connectivity index (χ0v) is 36.6. The molecule has 0 spiro atoms. The monoisotopic (exact) mass is 819 g/mol. The van der Waals surface area contributed by atoms with Crippen LogP contribution in [0.15, 0.2) is 30.3 Å². The van der Waals surface area contributed by atoms with Crippen molar-refractivity contribution in [3.05, 3.63) is 35.9 Å². The van der Waals surface area contributed by atoms with Crippen LogP contribution >= 0.6 is 0 Å². The summed E-state index contributed by atoms with van der Waals surface area (Å²) in [5.41, 5.74) is 3.94. The lowest BCUT2D eigenvalue weighted by molar-refractivity contribution is -0.304. The van der Waals surface area contributed by atoms with Crippen LogP contribution in [0, 0.1) is 17.8 Å². The number of rotatable bonds is 13. The van der Waals surface area contributed by atoms with E-state index in [1.807, 2.05) is 52.8 Å². The molecule has 58 heavy (non-hydrogen) atoms. The number of cyclic esters (lactones) is 1. The SMILES string of the molecule is CC[C@H]1OC(=O)[C@H](C)C(=O)[C@H](C)[C@@H](O[C@@H]2O[C@H](COC(=O)c3ccccc3)CC(N(C)C)C2OC)[C@](C)(OC)C[C@@H](C)CN[C@H](C)[C@H]2N(CCCCN)C(=O)O[C@]12C. The maximum Gasteiger partial charge on any atom is 0.410 e. The average Bonchev–Trinajstić information content (AvgIpc) is 3.47. The van der Waals surface area contributed by atoms with Crippen LogP contribution in [0.25, 0.3) is 0 Å². The van der Waals surface area contributed by atoms with E-state index < -0.39 is 83.6 Å². The van der Waals surface area contributed by atoms with Gasteiger partial charge in [-0.15, -0.1) is 0 Å². The molecule has 0 aliphatic carbocycles. The Morgan fingerprint density at radius 1 is 1.05 bits per heavy atom. The molecule has 2 unspecified atom stereocenters. The van der Waals surface area contributed by atoms with Crippen molar-refractivity contribution in [2.45, 2.75) is 141 Å². The van der Waals surface area contributed by atoms with Crippen molar-refractivity contribution >= 4 is 23.8 Å². The van der Waals surface area contributed by atoms with Gasteiger partial charge >= 0.3 is 18.0 Å². The Bertz CT molecular complexity index is 1520. The molecule has 3 heterocycles. The third kappa shape index (κ3) is 10.8. The first-order valence-electron chi connectivity index (χ1n) is 20.9. The molecule has 1 aromatic carbocycles. The third-order valence-electron chi connectivity index (χ3n) is 12.5. The predicted octanol–water partition coefficient (Wildman–Crippen LogP) is 4.19. The Morgan fingerprint density at radius 3 is 2.34 bits per heavy atom. The fourth-order valence-corrected chi connectivity index (χ4v) is 9.15. The van der Waals surface area contributed by atoms with E-state index in [4.69, 9.17) is 38.9 Å². The van der Waals surface area contributed by atoms with E-state index in [9.17, 15) is 19.2 Å². The van der Waals surface area contributed by atoms with Crippen LogP contribution in [0.3, 0.4) is 0 Å². The summed E-state index contributed by atoms with van der Waals surface area (Å²) in [4.78, 5) is 58.7. The quantitative estimate of drug-likeness (QED) is 0.125. The van der Waals surface area contributed by atoms with Gasteiger partial charge in [0.25, 0.3) is 0 Å². The van der Waals surface area contributed by atoms with E-state index >= 15 is 0 Å². The number of ether oxygens (including phenoxy) is 7. The van der Waals surface area contributed by atoms with Gasteiger partial charge < -0.3 is 49.1 Å². The Morgan fingerprint density at radius 2 is 1.74 bits per heavy atom. The highest BCUT2D eigenvalue weighted by molar-refractivity contribution is 6.00. The number of likely N-dealkylation sites (N-methyl/N-ethyl adjacent to an activating group) is 1. The summed E-state index contributed by atoms with van der Waals surface area (Å²) in [6.45, 7) is 14.4. The number of hydrogen-bond acceptors (Lipinski definition) is 14. The summed E-state index contributed by atoms with van der Waals surface area (Å²) in [6, 6.07) is 7.78. The molecule has 0 bridgehead atoms. The van der Waals surface area contributed by atoms with Crippen LogP contribution in [0.5, 0.6) is 0 Å². The number of nitrogens with one attached hydrogen (secondary N) is 1. The summed E-state index contributed by atoms with van der Waals surface area (Å²) in [5, 5.41) is 3.66. The van der Waals surface area contributed by atoms with Crippen molar-refractivity contribution in [1.29, 1.82) is 0 Å². The number of hydrogen-bond donors (Lipinski definition) is 2. The molecule has 328 valence electrons. The number of carbonyl (C=O) groups is 4. The Hall–Kier alpha value is -3.18. The minimum atomic E-state index is -1.20. The molecule has 1 amide bonds. The summed E-state index contributed by atoms with van der Waals surface area (Å²) < 4.78 is 43.9. The van der Waals surface area contributed by atoms with Crippen LogP contribution in [0.2, 0.25) is 0 Å². The van der Waals surface area contributed by atoms with Crippen LogP contribution in [0.1, 0.15) is 90.9 Å². The predicted molar refractivity (Wildman–Crippen MR) is 217 cm³/mol. The molecule has 15 heteroatoms. The topological polar surface area (TPSA) is 177 Å². The normalized spacial score (nSPS) is 36.7. The summed E-state index contributed by atoms with van der Waals surface area (Å²) in [5.74, 6) is -3.71. The second-order valence-corrected chi connectivity index (χ2v) is 17.1. The molecule has 1 aromatic rings. The van der Waals surface area contributed by atoms with E-state index in [1.165, 1.54) is 6.92 Å². The minimum Gasteiger partial charge on any atom is -0.459 e. The number of methoxy groups -OCH3 is 2. The smallest absolute Gasteiger partial charge is 0.410 e. The summed E-state index contributed by atoms with van der Waals surface area (Å²) >= 11 is 0. The molecule has 3 fully saturated rings. The standard InChI is InChI=1S/C43H70N4O11/c1-12-33-43(7)36(47(41(51)58-43)21-17-16-20-44)29(5)45-24-26(2)23-42(6,53-11)37(27(3)34(48)28(4)38(49)56-33)57-40-35(52-10)32(46(8)9)22-31(55-40)25-54-39(50)30-18-14-13-15-19-30/h13-15,18-19,26-29,31-33,35-37,40,45H,12,16-17,20-25,44H2,1-11H3/t26-,27+,28-,29-,31+,32?,33-,35?,36-,37-,40+,42-,43-/m1/s1. The number of esters is 2. The number of Topliss-reactive ketones (excluding diaryl/α,β-unsaturated/α-hetero) is 1. The van der Waals surface area contributed by atoms with E-state index in [-0.39, 0.29) is 24.6 Å². The van der Waals surface area contributed by atoms with Gasteiger partial charge in [-0.3, -0.25) is 14.5 Å². The molecule has 3 N–H and O–H groups in total. The van der Waals surface area contributed by atoms with Crippen molar-refractivity contribution < 1.29 is 52.3 Å². The lowest BCUT2D eigenvalue weighted by atomic mass is 9.78. The van der Waals surface area contributed by atoms with Gasteiger partial charge in [0.1, 0.15) is 24.7 Å².